The predicted octanol–water partition coefficient (Wildman–Crippen LogP) is 2.05. The first-order valence-electron chi connectivity index (χ1n) is 6.58. The smallest absolute Gasteiger partial charge is 0.158 e. The molecule has 1 aromatic carbocycles. The maximum Gasteiger partial charge on any atom is 0.158 e. The van der Waals surface area contributed by atoms with E-state index in [1.54, 1.807) is 13.2 Å². The second-order valence-electron chi connectivity index (χ2n) is 4.21. The summed E-state index contributed by atoms with van der Waals surface area (Å²) in [6.07, 6.45) is 0. The monoisotopic (exact) mass is 289 g/mol. The van der Waals surface area contributed by atoms with Gasteiger partial charge in [-0.2, -0.15) is 0 Å². The molecule has 0 aliphatic rings. The number of benzene rings is 1. The van der Waals surface area contributed by atoms with E-state index in [9.17, 15) is 0 Å². The third kappa shape index (κ3) is 4.30. The minimum Gasteiger partial charge on any atom is -0.494 e. The van der Waals surface area contributed by atoms with Gasteiger partial charge < -0.3 is 20.2 Å². The molecule has 2 rings (SSSR count). The van der Waals surface area contributed by atoms with Gasteiger partial charge >= 0.3 is 0 Å². The second-order valence-corrected chi connectivity index (χ2v) is 4.21. The van der Waals surface area contributed by atoms with Crippen molar-refractivity contribution in [2.24, 2.45) is 5.84 Å². The lowest BCUT2D eigenvalue weighted by atomic mass is 10.3. The van der Waals surface area contributed by atoms with Crippen LogP contribution >= 0.6 is 0 Å². The first-order chi connectivity index (χ1) is 10.2. The molecule has 0 atom stereocenters. The van der Waals surface area contributed by atoms with Gasteiger partial charge in [0.25, 0.3) is 0 Å². The van der Waals surface area contributed by atoms with E-state index in [1.165, 1.54) is 0 Å². The fraction of sp³-hybridized carbons (Fsp3) is 0.286. The summed E-state index contributed by atoms with van der Waals surface area (Å²) < 4.78 is 10.4. The van der Waals surface area contributed by atoms with Crippen LogP contribution in [0.15, 0.2) is 30.3 Å². The molecule has 21 heavy (non-hydrogen) atoms. The van der Waals surface area contributed by atoms with Crippen molar-refractivity contribution in [3.8, 4) is 5.75 Å². The quantitative estimate of drug-likeness (QED) is 0.530. The van der Waals surface area contributed by atoms with Gasteiger partial charge in [-0.3, -0.25) is 0 Å². The van der Waals surface area contributed by atoms with Crippen LogP contribution in [-0.2, 0) is 11.3 Å². The van der Waals surface area contributed by atoms with Gasteiger partial charge in [0.1, 0.15) is 24.0 Å². The highest BCUT2D eigenvalue weighted by atomic mass is 16.5. The maximum atomic E-state index is 5.40. The molecule has 1 aromatic heterocycles. The van der Waals surface area contributed by atoms with E-state index < -0.39 is 0 Å². The third-order valence-corrected chi connectivity index (χ3v) is 2.63. The molecule has 0 spiro atoms. The lowest BCUT2D eigenvalue weighted by molar-refractivity contribution is 0.178. The van der Waals surface area contributed by atoms with E-state index in [0.717, 1.165) is 11.4 Å². The average Bonchev–Trinajstić information content (AvgIpc) is 2.49. The number of anilines is 3. The van der Waals surface area contributed by atoms with E-state index in [1.807, 2.05) is 31.2 Å². The van der Waals surface area contributed by atoms with Gasteiger partial charge in [0.2, 0.25) is 0 Å². The number of ether oxygens (including phenoxy) is 2. The van der Waals surface area contributed by atoms with Crippen molar-refractivity contribution in [1.29, 1.82) is 0 Å². The van der Waals surface area contributed by atoms with Gasteiger partial charge in [-0.05, 0) is 31.2 Å². The molecule has 4 N–H and O–H groups in total. The largest absolute Gasteiger partial charge is 0.494 e. The fourth-order valence-electron chi connectivity index (χ4n) is 1.78. The number of hydrogen-bond acceptors (Lipinski definition) is 7. The molecular weight excluding hydrogens is 270 g/mol. The molecular formula is C14H19N5O2. The number of aromatic nitrogens is 2. The Kier molecular flexibility index (Phi) is 5.30. The highest BCUT2D eigenvalue weighted by Gasteiger charge is 2.04. The average molecular weight is 289 g/mol. The highest BCUT2D eigenvalue weighted by Crippen LogP contribution is 2.20. The lowest BCUT2D eigenvalue weighted by Crippen LogP contribution is -2.11. The van der Waals surface area contributed by atoms with Crippen molar-refractivity contribution in [3.63, 3.8) is 0 Å². The molecule has 0 aliphatic heterocycles. The number of nitrogens with zero attached hydrogens (tertiary/aromatic N) is 2. The molecule has 0 saturated carbocycles. The van der Waals surface area contributed by atoms with Crippen LogP contribution in [0.1, 0.15) is 12.7 Å². The van der Waals surface area contributed by atoms with Crippen molar-refractivity contribution >= 4 is 17.3 Å². The minimum atomic E-state index is 0.313. The molecule has 7 heteroatoms. The molecule has 2 aromatic rings. The Labute approximate surface area is 123 Å². The summed E-state index contributed by atoms with van der Waals surface area (Å²) in [6.45, 7) is 2.91. The molecule has 1 heterocycles. The van der Waals surface area contributed by atoms with Gasteiger partial charge in [-0.25, -0.2) is 15.8 Å². The van der Waals surface area contributed by atoms with Crippen LogP contribution in [0.2, 0.25) is 0 Å². The van der Waals surface area contributed by atoms with Crippen LogP contribution in [0.3, 0.4) is 0 Å². The molecule has 0 radical (unpaired) electrons. The van der Waals surface area contributed by atoms with E-state index >= 15 is 0 Å². The summed E-state index contributed by atoms with van der Waals surface area (Å²) in [5.41, 5.74) is 3.40. The fourth-order valence-corrected chi connectivity index (χ4v) is 1.78. The highest BCUT2D eigenvalue weighted by molar-refractivity contribution is 5.59. The number of hydrazine groups is 1. The number of hydrogen-bond donors (Lipinski definition) is 3. The van der Waals surface area contributed by atoms with Crippen LogP contribution in [0.5, 0.6) is 5.75 Å². The summed E-state index contributed by atoms with van der Waals surface area (Å²) in [6, 6.07) is 9.34. The van der Waals surface area contributed by atoms with Gasteiger partial charge in [0.15, 0.2) is 5.82 Å². The van der Waals surface area contributed by atoms with Gasteiger partial charge in [0, 0.05) is 18.9 Å². The maximum absolute atomic E-state index is 5.40. The van der Waals surface area contributed by atoms with Crippen molar-refractivity contribution in [2.75, 3.05) is 24.5 Å². The van der Waals surface area contributed by atoms with Gasteiger partial charge in [-0.15, -0.1) is 0 Å². The zero-order chi connectivity index (χ0) is 15.1. The Hall–Kier alpha value is -2.38. The van der Waals surface area contributed by atoms with Gasteiger partial charge in [0.05, 0.1) is 6.61 Å². The molecule has 7 nitrogen and oxygen atoms in total. The van der Waals surface area contributed by atoms with Crippen LogP contribution in [0.4, 0.5) is 17.3 Å². The van der Waals surface area contributed by atoms with Crippen LogP contribution in [-0.4, -0.2) is 23.7 Å². The Morgan fingerprint density at radius 2 is 1.86 bits per heavy atom. The standard InChI is InChI=1S/C14H19N5O2/c1-3-21-11-6-4-10(5-7-11)16-12-8-13(19-15)18-14(17-12)9-20-2/h4-8H,3,9,15H2,1-2H3,(H2,16,17,18,19). The van der Waals surface area contributed by atoms with Crippen LogP contribution < -0.4 is 21.3 Å². The summed E-state index contributed by atoms with van der Waals surface area (Å²) in [5.74, 6) is 7.93. The first-order valence-corrected chi connectivity index (χ1v) is 6.58. The summed E-state index contributed by atoms with van der Waals surface area (Å²) in [7, 11) is 1.59. The van der Waals surface area contributed by atoms with Crippen molar-refractivity contribution < 1.29 is 9.47 Å². The Morgan fingerprint density at radius 3 is 2.48 bits per heavy atom. The summed E-state index contributed by atoms with van der Waals surface area (Å²) >= 11 is 0. The number of rotatable bonds is 7. The molecule has 0 unspecified atom stereocenters. The number of nitrogens with two attached hydrogens (primary N) is 1. The number of nitrogen functional groups attached to an aromatic ring is 1. The normalized spacial score (nSPS) is 10.2. The molecule has 0 amide bonds. The topological polar surface area (TPSA) is 94.3 Å². The SMILES string of the molecule is CCOc1ccc(Nc2cc(NN)nc(COC)n2)cc1. The Morgan fingerprint density at radius 1 is 1.14 bits per heavy atom. The van der Waals surface area contributed by atoms with E-state index in [4.69, 9.17) is 15.3 Å². The van der Waals surface area contributed by atoms with Crippen molar-refractivity contribution in [2.45, 2.75) is 13.5 Å². The molecule has 0 fully saturated rings. The molecule has 0 aliphatic carbocycles. The molecule has 112 valence electrons. The number of methoxy groups -OCH3 is 1. The van der Waals surface area contributed by atoms with E-state index in [2.05, 4.69) is 20.7 Å². The third-order valence-electron chi connectivity index (χ3n) is 2.63. The van der Waals surface area contributed by atoms with Gasteiger partial charge in [-0.1, -0.05) is 0 Å². The van der Waals surface area contributed by atoms with Crippen LogP contribution in [0.25, 0.3) is 0 Å². The van der Waals surface area contributed by atoms with Crippen molar-refractivity contribution in [1.82, 2.24) is 9.97 Å². The Bertz CT molecular complexity index is 574. The van der Waals surface area contributed by atoms with E-state index in [-0.39, 0.29) is 0 Å². The molecule has 0 saturated heterocycles. The number of nitrogens with one attached hydrogen (secondary N) is 2. The van der Waals surface area contributed by atoms with E-state index in [0.29, 0.717) is 30.7 Å². The second kappa shape index (κ2) is 7.41. The predicted molar refractivity (Wildman–Crippen MR) is 81.4 cm³/mol. The first kappa shape index (κ1) is 15.0. The Balaban J connectivity index is 2.15. The zero-order valence-electron chi connectivity index (χ0n) is 12.1. The molecule has 0 bridgehead atoms. The lowest BCUT2D eigenvalue weighted by Gasteiger charge is -2.10. The summed E-state index contributed by atoms with van der Waals surface area (Å²) in [4.78, 5) is 8.54. The van der Waals surface area contributed by atoms with Crippen LogP contribution in [0, 0.1) is 0 Å². The van der Waals surface area contributed by atoms with Crippen molar-refractivity contribution in [3.05, 3.63) is 36.2 Å². The summed E-state index contributed by atoms with van der Waals surface area (Å²) in [5, 5.41) is 3.19. The minimum absolute atomic E-state index is 0.313. The zero-order valence-corrected chi connectivity index (χ0v) is 12.1.